The van der Waals surface area contributed by atoms with E-state index in [0.29, 0.717) is 17.7 Å². The summed E-state index contributed by atoms with van der Waals surface area (Å²) in [5.41, 5.74) is 6.40. The van der Waals surface area contributed by atoms with Gasteiger partial charge in [0.1, 0.15) is 6.54 Å². The van der Waals surface area contributed by atoms with Crippen LogP contribution in [-0.4, -0.2) is 29.4 Å². The summed E-state index contributed by atoms with van der Waals surface area (Å²) in [7, 11) is 0. The molecule has 0 saturated heterocycles. The molecule has 0 spiro atoms. The SMILES string of the molecule is NC(=NCC(=O)Nc1cccnc1)NC1CCCC1. The van der Waals surface area contributed by atoms with Crippen molar-refractivity contribution in [1.29, 1.82) is 0 Å². The fraction of sp³-hybridized carbons (Fsp3) is 0.462. The highest BCUT2D eigenvalue weighted by Crippen LogP contribution is 2.17. The molecular formula is C13H19N5O. The summed E-state index contributed by atoms with van der Waals surface area (Å²) < 4.78 is 0. The van der Waals surface area contributed by atoms with Crippen LogP contribution in [0.1, 0.15) is 25.7 Å². The highest BCUT2D eigenvalue weighted by atomic mass is 16.1. The van der Waals surface area contributed by atoms with Gasteiger partial charge in [0.15, 0.2) is 5.96 Å². The Morgan fingerprint density at radius 1 is 1.47 bits per heavy atom. The van der Waals surface area contributed by atoms with Crippen LogP contribution in [-0.2, 0) is 4.79 Å². The van der Waals surface area contributed by atoms with E-state index in [1.807, 2.05) is 0 Å². The lowest BCUT2D eigenvalue weighted by Gasteiger charge is -2.12. The molecule has 102 valence electrons. The van der Waals surface area contributed by atoms with Gasteiger partial charge in [-0.3, -0.25) is 9.78 Å². The van der Waals surface area contributed by atoms with Crippen molar-refractivity contribution in [3.8, 4) is 0 Å². The van der Waals surface area contributed by atoms with Crippen molar-refractivity contribution < 1.29 is 4.79 Å². The number of nitrogens with zero attached hydrogens (tertiary/aromatic N) is 2. The van der Waals surface area contributed by atoms with Gasteiger partial charge in [0.05, 0.1) is 11.9 Å². The Bertz CT molecular complexity index is 440. The van der Waals surface area contributed by atoms with Crippen molar-refractivity contribution in [2.24, 2.45) is 10.7 Å². The number of carbonyl (C=O) groups excluding carboxylic acids is 1. The number of rotatable bonds is 4. The molecule has 0 unspecified atom stereocenters. The number of nitrogens with two attached hydrogens (primary N) is 1. The van der Waals surface area contributed by atoms with E-state index in [1.54, 1.807) is 24.5 Å². The van der Waals surface area contributed by atoms with E-state index in [1.165, 1.54) is 12.8 Å². The van der Waals surface area contributed by atoms with Crippen LogP contribution in [0, 0.1) is 0 Å². The number of pyridine rings is 1. The van der Waals surface area contributed by atoms with E-state index in [9.17, 15) is 4.79 Å². The molecule has 4 N–H and O–H groups in total. The maximum atomic E-state index is 11.6. The molecule has 6 nitrogen and oxygen atoms in total. The number of hydrogen-bond acceptors (Lipinski definition) is 3. The molecule has 1 aliphatic rings. The Morgan fingerprint density at radius 2 is 2.26 bits per heavy atom. The van der Waals surface area contributed by atoms with Gasteiger partial charge in [-0.2, -0.15) is 0 Å². The molecular weight excluding hydrogens is 242 g/mol. The van der Waals surface area contributed by atoms with E-state index < -0.39 is 0 Å². The molecule has 0 bridgehead atoms. The molecule has 6 heteroatoms. The van der Waals surface area contributed by atoms with Crippen molar-refractivity contribution in [2.45, 2.75) is 31.7 Å². The number of aliphatic imine (C=N–C) groups is 1. The Hall–Kier alpha value is -2.11. The fourth-order valence-electron chi connectivity index (χ4n) is 2.12. The minimum absolute atomic E-state index is 0.0143. The van der Waals surface area contributed by atoms with Crippen LogP contribution in [0.4, 0.5) is 5.69 Å². The Morgan fingerprint density at radius 3 is 2.95 bits per heavy atom. The van der Waals surface area contributed by atoms with Gasteiger partial charge >= 0.3 is 0 Å². The molecule has 1 saturated carbocycles. The van der Waals surface area contributed by atoms with Crippen molar-refractivity contribution >= 4 is 17.6 Å². The second-order valence-corrected chi connectivity index (χ2v) is 4.62. The van der Waals surface area contributed by atoms with Gasteiger partial charge in [-0.05, 0) is 25.0 Å². The summed E-state index contributed by atoms with van der Waals surface area (Å²) in [4.78, 5) is 19.6. The third-order valence-electron chi connectivity index (χ3n) is 3.05. The molecule has 2 rings (SSSR count). The van der Waals surface area contributed by atoms with Gasteiger partial charge in [0.25, 0.3) is 0 Å². The first kappa shape index (κ1) is 13.3. The topological polar surface area (TPSA) is 92.4 Å². The summed E-state index contributed by atoms with van der Waals surface area (Å²) in [5.74, 6) is 0.136. The third kappa shape index (κ3) is 4.57. The molecule has 19 heavy (non-hydrogen) atoms. The Kier molecular flexibility index (Phi) is 4.72. The average Bonchev–Trinajstić information content (AvgIpc) is 2.90. The van der Waals surface area contributed by atoms with E-state index in [0.717, 1.165) is 12.8 Å². The van der Waals surface area contributed by atoms with Gasteiger partial charge in [0, 0.05) is 12.2 Å². The number of aromatic nitrogens is 1. The number of carbonyl (C=O) groups is 1. The average molecular weight is 261 g/mol. The first-order valence-corrected chi connectivity index (χ1v) is 6.50. The summed E-state index contributed by atoms with van der Waals surface area (Å²) in [5, 5.41) is 5.83. The number of hydrogen-bond donors (Lipinski definition) is 3. The number of amides is 1. The second kappa shape index (κ2) is 6.72. The van der Waals surface area contributed by atoms with Crippen LogP contribution in [0.25, 0.3) is 0 Å². The van der Waals surface area contributed by atoms with Crippen molar-refractivity contribution in [3.05, 3.63) is 24.5 Å². The highest BCUT2D eigenvalue weighted by Gasteiger charge is 2.14. The normalized spacial score (nSPS) is 16.3. The zero-order valence-corrected chi connectivity index (χ0v) is 10.8. The van der Waals surface area contributed by atoms with Crippen molar-refractivity contribution in [3.63, 3.8) is 0 Å². The minimum atomic E-state index is -0.204. The maximum absolute atomic E-state index is 11.6. The molecule has 1 aliphatic carbocycles. The van der Waals surface area contributed by atoms with Crippen molar-refractivity contribution in [1.82, 2.24) is 10.3 Å². The Labute approximate surface area is 112 Å². The quantitative estimate of drug-likeness (QED) is 0.554. The van der Waals surface area contributed by atoms with E-state index >= 15 is 0 Å². The molecule has 0 aliphatic heterocycles. The zero-order valence-electron chi connectivity index (χ0n) is 10.8. The largest absolute Gasteiger partial charge is 0.370 e. The third-order valence-corrected chi connectivity index (χ3v) is 3.05. The zero-order chi connectivity index (χ0) is 13.5. The Balaban J connectivity index is 1.75. The minimum Gasteiger partial charge on any atom is -0.370 e. The van der Waals surface area contributed by atoms with E-state index in [2.05, 4.69) is 20.6 Å². The lowest BCUT2D eigenvalue weighted by atomic mass is 10.2. The predicted octanol–water partition coefficient (Wildman–Crippen LogP) is 0.867. The lowest BCUT2D eigenvalue weighted by molar-refractivity contribution is -0.114. The molecule has 1 heterocycles. The van der Waals surface area contributed by atoms with Crippen LogP contribution < -0.4 is 16.4 Å². The van der Waals surface area contributed by atoms with Crippen LogP contribution in [0.2, 0.25) is 0 Å². The summed E-state index contributed by atoms with van der Waals surface area (Å²) in [6, 6.07) is 3.94. The molecule has 1 amide bonds. The molecule has 1 fully saturated rings. The number of anilines is 1. The monoisotopic (exact) mass is 261 g/mol. The van der Waals surface area contributed by atoms with Crippen LogP contribution in [0.15, 0.2) is 29.5 Å². The van der Waals surface area contributed by atoms with Crippen LogP contribution in [0.3, 0.4) is 0 Å². The summed E-state index contributed by atoms with van der Waals surface area (Å²) in [6.07, 6.45) is 7.94. The first-order valence-electron chi connectivity index (χ1n) is 6.50. The standard InChI is InChI=1S/C13H19N5O/c14-13(18-10-4-1-2-5-10)16-9-12(19)17-11-6-3-7-15-8-11/h3,6-8,10H,1-2,4-5,9H2,(H,17,19)(H3,14,16,18). The van der Waals surface area contributed by atoms with Gasteiger partial charge in [0.2, 0.25) is 5.91 Å². The van der Waals surface area contributed by atoms with Crippen molar-refractivity contribution in [2.75, 3.05) is 11.9 Å². The summed E-state index contributed by atoms with van der Waals surface area (Å²) >= 11 is 0. The van der Waals surface area contributed by atoms with Gasteiger partial charge in [-0.1, -0.05) is 12.8 Å². The first-order chi connectivity index (χ1) is 9.24. The molecule has 0 aromatic carbocycles. The van der Waals surface area contributed by atoms with Gasteiger partial charge in [-0.15, -0.1) is 0 Å². The maximum Gasteiger partial charge on any atom is 0.246 e. The lowest BCUT2D eigenvalue weighted by Crippen LogP contribution is -2.39. The smallest absolute Gasteiger partial charge is 0.246 e. The number of nitrogens with one attached hydrogen (secondary N) is 2. The highest BCUT2D eigenvalue weighted by molar-refractivity contribution is 5.93. The van der Waals surface area contributed by atoms with Gasteiger partial charge in [-0.25, -0.2) is 4.99 Å². The molecule has 0 radical (unpaired) electrons. The number of guanidine groups is 1. The fourth-order valence-corrected chi connectivity index (χ4v) is 2.12. The molecule has 0 atom stereocenters. The van der Waals surface area contributed by atoms with Gasteiger partial charge < -0.3 is 16.4 Å². The predicted molar refractivity (Wildman–Crippen MR) is 74.7 cm³/mol. The molecule has 1 aromatic heterocycles. The van der Waals surface area contributed by atoms with Crippen LogP contribution in [0.5, 0.6) is 0 Å². The molecule has 1 aromatic rings. The second-order valence-electron chi connectivity index (χ2n) is 4.62. The van der Waals surface area contributed by atoms with E-state index in [-0.39, 0.29) is 12.5 Å². The van der Waals surface area contributed by atoms with E-state index in [4.69, 9.17) is 5.73 Å². The van der Waals surface area contributed by atoms with Crippen LogP contribution >= 0.6 is 0 Å². The summed E-state index contributed by atoms with van der Waals surface area (Å²) in [6.45, 7) is 0.0143.